The van der Waals surface area contributed by atoms with E-state index in [1.165, 1.54) is 16.7 Å². The second-order valence-corrected chi connectivity index (χ2v) is 4.63. The first-order chi connectivity index (χ1) is 7.79. The Morgan fingerprint density at radius 3 is 2.94 bits per heavy atom. The summed E-state index contributed by atoms with van der Waals surface area (Å²) >= 11 is 0. The van der Waals surface area contributed by atoms with E-state index in [9.17, 15) is 0 Å². The summed E-state index contributed by atoms with van der Waals surface area (Å²) in [6.07, 6.45) is 0.346. The fourth-order valence-electron chi connectivity index (χ4n) is 2.79. The second-order valence-electron chi connectivity index (χ2n) is 4.63. The number of ether oxygens (including phenoxy) is 2. The molecule has 2 aliphatic rings. The number of fused-ring (bicyclic) bond motifs is 3. The summed E-state index contributed by atoms with van der Waals surface area (Å²) in [5.74, 6) is 1.46. The minimum absolute atomic E-state index is 0. The molecule has 4 heteroatoms. The SMILES string of the molecule is COc1cc(C)c2c(c1)C1CNCC1OC2.Cl. The molecule has 1 N–H and O–H groups in total. The van der Waals surface area contributed by atoms with Gasteiger partial charge >= 0.3 is 0 Å². The maximum atomic E-state index is 5.88. The van der Waals surface area contributed by atoms with Gasteiger partial charge in [0.25, 0.3) is 0 Å². The predicted molar refractivity (Wildman–Crippen MR) is 69.2 cm³/mol. The molecule has 1 fully saturated rings. The van der Waals surface area contributed by atoms with E-state index < -0.39 is 0 Å². The van der Waals surface area contributed by atoms with E-state index in [4.69, 9.17) is 9.47 Å². The van der Waals surface area contributed by atoms with Crippen molar-refractivity contribution < 1.29 is 9.47 Å². The Morgan fingerprint density at radius 1 is 1.35 bits per heavy atom. The van der Waals surface area contributed by atoms with Gasteiger partial charge in [0.05, 0.1) is 19.8 Å². The molecule has 0 aromatic heterocycles. The molecular weight excluding hydrogens is 238 g/mol. The quantitative estimate of drug-likeness (QED) is 0.833. The molecule has 0 saturated carbocycles. The van der Waals surface area contributed by atoms with E-state index in [1.807, 2.05) is 0 Å². The Morgan fingerprint density at radius 2 is 2.18 bits per heavy atom. The summed E-state index contributed by atoms with van der Waals surface area (Å²) in [7, 11) is 1.73. The first kappa shape index (κ1) is 12.7. The summed E-state index contributed by atoms with van der Waals surface area (Å²) in [5.41, 5.74) is 4.04. The van der Waals surface area contributed by atoms with Crippen LogP contribution >= 0.6 is 12.4 Å². The zero-order valence-corrected chi connectivity index (χ0v) is 11.0. The average molecular weight is 256 g/mol. The zero-order valence-electron chi connectivity index (χ0n) is 10.2. The number of hydrogen-bond donors (Lipinski definition) is 1. The van der Waals surface area contributed by atoms with Crippen molar-refractivity contribution in [3.8, 4) is 5.75 Å². The third-order valence-electron chi connectivity index (χ3n) is 3.72. The van der Waals surface area contributed by atoms with E-state index >= 15 is 0 Å². The second kappa shape index (κ2) is 4.84. The molecule has 17 heavy (non-hydrogen) atoms. The van der Waals surface area contributed by atoms with Crippen LogP contribution in [0.5, 0.6) is 5.75 Å². The summed E-state index contributed by atoms with van der Waals surface area (Å²) in [4.78, 5) is 0. The Balaban J connectivity index is 0.00000108. The highest BCUT2D eigenvalue weighted by Crippen LogP contribution is 2.37. The fourth-order valence-corrected chi connectivity index (χ4v) is 2.79. The van der Waals surface area contributed by atoms with Crippen LogP contribution in [0.4, 0.5) is 0 Å². The van der Waals surface area contributed by atoms with Crippen LogP contribution in [0.1, 0.15) is 22.6 Å². The third-order valence-corrected chi connectivity index (χ3v) is 3.72. The number of hydrogen-bond acceptors (Lipinski definition) is 3. The molecule has 1 saturated heterocycles. The first-order valence-corrected chi connectivity index (χ1v) is 5.79. The maximum Gasteiger partial charge on any atom is 0.119 e. The normalized spacial score (nSPS) is 25.8. The molecule has 2 heterocycles. The molecule has 0 amide bonds. The van der Waals surface area contributed by atoms with Crippen molar-refractivity contribution in [1.29, 1.82) is 0 Å². The lowest BCUT2D eigenvalue weighted by atomic mass is 9.87. The van der Waals surface area contributed by atoms with E-state index in [0.717, 1.165) is 25.4 Å². The molecule has 2 atom stereocenters. The van der Waals surface area contributed by atoms with Crippen molar-refractivity contribution in [3.05, 3.63) is 28.8 Å². The van der Waals surface area contributed by atoms with E-state index in [1.54, 1.807) is 7.11 Å². The van der Waals surface area contributed by atoms with Crippen molar-refractivity contribution in [1.82, 2.24) is 5.32 Å². The molecule has 0 radical (unpaired) electrons. The number of rotatable bonds is 1. The van der Waals surface area contributed by atoms with Crippen LogP contribution in [-0.4, -0.2) is 26.3 Å². The summed E-state index contributed by atoms with van der Waals surface area (Å²) in [6.45, 7) is 4.87. The van der Waals surface area contributed by atoms with Gasteiger partial charge in [-0.1, -0.05) is 0 Å². The lowest BCUT2D eigenvalue weighted by Gasteiger charge is -2.29. The fraction of sp³-hybridized carbons (Fsp3) is 0.538. The van der Waals surface area contributed by atoms with Gasteiger partial charge in [-0.3, -0.25) is 0 Å². The number of aryl methyl sites for hydroxylation is 1. The lowest BCUT2D eigenvalue weighted by molar-refractivity contribution is 0.0295. The molecule has 3 rings (SSSR count). The summed E-state index contributed by atoms with van der Waals surface area (Å²) in [6, 6.07) is 4.26. The van der Waals surface area contributed by atoms with Crippen LogP contribution in [0.15, 0.2) is 12.1 Å². The zero-order chi connectivity index (χ0) is 11.1. The van der Waals surface area contributed by atoms with E-state index in [2.05, 4.69) is 24.4 Å². The van der Waals surface area contributed by atoms with Crippen molar-refractivity contribution >= 4 is 12.4 Å². The van der Waals surface area contributed by atoms with Gasteiger partial charge in [-0.25, -0.2) is 0 Å². The summed E-state index contributed by atoms with van der Waals surface area (Å²) < 4.78 is 11.2. The maximum absolute atomic E-state index is 5.88. The number of halogens is 1. The monoisotopic (exact) mass is 255 g/mol. The van der Waals surface area contributed by atoms with Gasteiger partial charge in [-0.15, -0.1) is 12.4 Å². The minimum Gasteiger partial charge on any atom is -0.497 e. The number of benzene rings is 1. The van der Waals surface area contributed by atoms with Gasteiger partial charge in [0.1, 0.15) is 5.75 Å². The van der Waals surface area contributed by atoms with Gasteiger partial charge < -0.3 is 14.8 Å². The Bertz CT molecular complexity index is 422. The molecule has 1 aromatic rings. The van der Waals surface area contributed by atoms with Crippen LogP contribution in [0.3, 0.4) is 0 Å². The highest BCUT2D eigenvalue weighted by Gasteiger charge is 2.35. The molecule has 0 aliphatic carbocycles. The summed E-state index contributed by atoms with van der Waals surface area (Å²) in [5, 5.41) is 3.40. The Labute approximate surface area is 108 Å². The number of methoxy groups -OCH3 is 1. The van der Waals surface area contributed by atoms with Gasteiger partial charge in [-0.2, -0.15) is 0 Å². The predicted octanol–water partition coefficient (Wildman–Crippen LogP) is 2.01. The molecule has 94 valence electrons. The average Bonchev–Trinajstić information content (AvgIpc) is 2.77. The third kappa shape index (κ3) is 2.03. The van der Waals surface area contributed by atoms with Gasteiger partial charge in [-0.05, 0) is 35.7 Å². The van der Waals surface area contributed by atoms with Gasteiger partial charge in [0.15, 0.2) is 0 Å². The van der Waals surface area contributed by atoms with Crippen LogP contribution in [0.25, 0.3) is 0 Å². The Hall–Kier alpha value is -0.770. The first-order valence-electron chi connectivity index (χ1n) is 5.79. The molecular formula is C13H18ClNO2. The van der Waals surface area contributed by atoms with Crippen molar-refractivity contribution in [3.63, 3.8) is 0 Å². The Kier molecular flexibility index (Phi) is 3.61. The highest BCUT2D eigenvalue weighted by molar-refractivity contribution is 5.85. The van der Waals surface area contributed by atoms with Gasteiger partial charge in [0.2, 0.25) is 0 Å². The van der Waals surface area contributed by atoms with Crippen LogP contribution < -0.4 is 10.1 Å². The van der Waals surface area contributed by atoms with Crippen LogP contribution in [0.2, 0.25) is 0 Å². The van der Waals surface area contributed by atoms with E-state index in [0.29, 0.717) is 12.0 Å². The van der Waals surface area contributed by atoms with Crippen LogP contribution in [0, 0.1) is 6.92 Å². The van der Waals surface area contributed by atoms with Crippen LogP contribution in [-0.2, 0) is 11.3 Å². The van der Waals surface area contributed by atoms with Crippen molar-refractivity contribution in [2.45, 2.75) is 25.6 Å². The molecule has 2 aliphatic heterocycles. The standard InChI is InChI=1S/C13H17NO2.ClH/c1-8-3-9(15-2)4-10-11-5-14-6-13(11)16-7-12(8)10;/h3-4,11,13-14H,5-7H2,1-2H3;1H. The number of nitrogens with one attached hydrogen (secondary N) is 1. The lowest BCUT2D eigenvalue weighted by Crippen LogP contribution is -2.27. The molecule has 0 bridgehead atoms. The topological polar surface area (TPSA) is 30.5 Å². The smallest absolute Gasteiger partial charge is 0.119 e. The highest BCUT2D eigenvalue weighted by atomic mass is 35.5. The molecule has 1 aromatic carbocycles. The van der Waals surface area contributed by atoms with Gasteiger partial charge in [0, 0.05) is 19.0 Å². The largest absolute Gasteiger partial charge is 0.497 e. The minimum atomic E-state index is 0. The molecule has 2 unspecified atom stereocenters. The van der Waals surface area contributed by atoms with Crippen molar-refractivity contribution in [2.24, 2.45) is 0 Å². The molecule has 3 nitrogen and oxygen atoms in total. The molecule has 0 spiro atoms. The van der Waals surface area contributed by atoms with E-state index in [-0.39, 0.29) is 12.4 Å². The van der Waals surface area contributed by atoms with Crippen molar-refractivity contribution in [2.75, 3.05) is 20.2 Å².